The molecule has 1 aromatic rings. The van der Waals surface area contributed by atoms with E-state index in [4.69, 9.17) is 9.47 Å². The van der Waals surface area contributed by atoms with Gasteiger partial charge in [-0.2, -0.15) is 0 Å². The maximum Gasteiger partial charge on any atom is 0.0940 e. The maximum absolute atomic E-state index is 11.3. The predicted molar refractivity (Wildman–Crippen MR) is 77.5 cm³/mol. The molecule has 0 bridgehead atoms. The zero-order chi connectivity index (χ0) is 14.1. The molecule has 2 saturated heterocycles. The van der Waals surface area contributed by atoms with Crippen LogP contribution in [0.25, 0.3) is 0 Å². The van der Waals surface area contributed by atoms with Crippen LogP contribution in [0.3, 0.4) is 0 Å². The lowest BCUT2D eigenvalue weighted by Gasteiger charge is -2.44. The Kier molecular flexibility index (Phi) is 3.85. The summed E-state index contributed by atoms with van der Waals surface area (Å²) in [5, 5.41) is 11.3. The molecule has 3 unspecified atom stereocenters. The molecule has 3 heteroatoms. The van der Waals surface area contributed by atoms with Crippen LogP contribution >= 0.6 is 0 Å². The highest BCUT2D eigenvalue weighted by atomic mass is 16.6. The molecule has 3 nitrogen and oxygen atoms in total. The van der Waals surface area contributed by atoms with Crippen molar-refractivity contribution in [3.63, 3.8) is 0 Å². The molecule has 2 fully saturated rings. The Bertz CT molecular complexity index is 439. The van der Waals surface area contributed by atoms with Crippen LogP contribution in [-0.2, 0) is 15.1 Å². The Labute approximate surface area is 120 Å². The van der Waals surface area contributed by atoms with Gasteiger partial charge in [0.1, 0.15) is 0 Å². The third-order valence-electron chi connectivity index (χ3n) is 5.05. The monoisotopic (exact) mass is 276 g/mol. The fourth-order valence-corrected chi connectivity index (χ4v) is 3.75. The summed E-state index contributed by atoms with van der Waals surface area (Å²) in [6, 6.07) is 10.1. The summed E-state index contributed by atoms with van der Waals surface area (Å²) in [5.74, 6) is 0.241. The third kappa shape index (κ3) is 2.39. The first-order valence-electron chi connectivity index (χ1n) is 7.68. The fraction of sp³-hybridized carbons (Fsp3) is 0.647. The largest absolute Gasteiger partial charge is 0.385 e. The first-order chi connectivity index (χ1) is 9.69. The summed E-state index contributed by atoms with van der Waals surface area (Å²) >= 11 is 0. The summed E-state index contributed by atoms with van der Waals surface area (Å²) in [7, 11) is 0. The van der Waals surface area contributed by atoms with Crippen LogP contribution in [0.4, 0.5) is 0 Å². The smallest absolute Gasteiger partial charge is 0.0940 e. The van der Waals surface area contributed by atoms with Crippen LogP contribution in [0.2, 0.25) is 0 Å². The Balaban J connectivity index is 1.85. The van der Waals surface area contributed by atoms with Crippen molar-refractivity contribution in [2.24, 2.45) is 5.92 Å². The van der Waals surface area contributed by atoms with Crippen molar-refractivity contribution in [3.8, 4) is 0 Å². The second kappa shape index (κ2) is 5.47. The lowest BCUT2D eigenvalue weighted by Crippen LogP contribution is -2.47. The minimum Gasteiger partial charge on any atom is -0.385 e. The second-order valence-corrected chi connectivity index (χ2v) is 6.17. The Hall–Kier alpha value is -0.900. The molecule has 2 aliphatic rings. The summed E-state index contributed by atoms with van der Waals surface area (Å²) < 4.78 is 11.5. The molecule has 2 aliphatic heterocycles. The van der Waals surface area contributed by atoms with E-state index in [0.29, 0.717) is 6.61 Å². The third-order valence-corrected chi connectivity index (χ3v) is 5.05. The molecule has 110 valence electrons. The van der Waals surface area contributed by atoms with E-state index in [1.165, 1.54) is 0 Å². The van der Waals surface area contributed by atoms with Crippen LogP contribution in [0.15, 0.2) is 30.3 Å². The van der Waals surface area contributed by atoms with E-state index in [0.717, 1.165) is 44.5 Å². The van der Waals surface area contributed by atoms with Crippen LogP contribution in [0.5, 0.6) is 0 Å². The minimum atomic E-state index is -0.749. The number of rotatable bonds is 3. The molecule has 3 rings (SSSR count). The topological polar surface area (TPSA) is 38.7 Å². The first kappa shape index (κ1) is 14.1. The summed E-state index contributed by atoms with van der Waals surface area (Å²) in [4.78, 5) is 0. The predicted octanol–water partition coefficient (Wildman–Crippen LogP) is 2.87. The van der Waals surface area contributed by atoms with Gasteiger partial charge in [-0.05, 0) is 30.7 Å². The van der Waals surface area contributed by atoms with E-state index in [2.05, 4.69) is 6.92 Å². The van der Waals surface area contributed by atoms with Gasteiger partial charge in [-0.15, -0.1) is 0 Å². The molecule has 1 spiro atoms. The van der Waals surface area contributed by atoms with E-state index < -0.39 is 5.60 Å². The molecule has 0 aromatic heterocycles. The molecule has 20 heavy (non-hydrogen) atoms. The molecule has 0 radical (unpaired) electrons. The normalized spacial score (nSPS) is 33.2. The average Bonchev–Trinajstić information content (AvgIpc) is 2.95. The Morgan fingerprint density at radius 1 is 1.30 bits per heavy atom. The van der Waals surface area contributed by atoms with Crippen LogP contribution in [-0.4, -0.2) is 30.5 Å². The molecule has 2 heterocycles. The van der Waals surface area contributed by atoms with Crippen molar-refractivity contribution in [2.75, 3.05) is 19.8 Å². The number of benzene rings is 1. The summed E-state index contributed by atoms with van der Waals surface area (Å²) in [6.45, 7) is 4.25. The van der Waals surface area contributed by atoms with Crippen LogP contribution < -0.4 is 0 Å². The molecular formula is C17H24O3. The maximum atomic E-state index is 11.3. The fourth-order valence-electron chi connectivity index (χ4n) is 3.75. The molecule has 0 saturated carbocycles. The highest BCUT2D eigenvalue weighted by molar-refractivity contribution is 5.23. The number of hydrogen-bond acceptors (Lipinski definition) is 3. The number of ether oxygens (including phenoxy) is 2. The van der Waals surface area contributed by atoms with E-state index in [-0.39, 0.29) is 11.5 Å². The Morgan fingerprint density at radius 3 is 2.75 bits per heavy atom. The van der Waals surface area contributed by atoms with Crippen molar-refractivity contribution in [1.82, 2.24) is 0 Å². The van der Waals surface area contributed by atoms with E-state index in [9.17, 15) is 5.11 Å². The van der Waals surface area contributed by atoms with E-state index >= 15 is 0 Å². The van der Waals surface area contributed by atoms with Crippen LogP contribution in [0, 0.1) is 5.92 Å². The van der Waals surface area contributed by atoms with Crippen molar-refractivity contribution in [3.05, 3.63) is 35.9 Å². The van der Waals surface area contributed by atoms with Gasteiger partial charge < -0.3 is 14.6 Å². The van der Waals surface area contributed by atoms with Gasteiger partial charge in [-0.25, -0.2) is 0 Å². The van der Waals surface area contributed by atoms with Gasteiger partial charge in [-0.3, -0.25) is 0 Å². The second-order valence-electron chi connectivity index (χ2n) is 6.17. The summed E-state index contributed by atoms with van der Waals surface area (Å²) in [6.07, 6.45) is 3.50. The van der Waals surface area contributed by atoms with Gasteiger partial charge >= 0.3 is 0 Å². The SMILES string of the molecule is CCC(O)(c1ccccc1)C1CCOC2(CCOC2)C1. The number of aliphatic hydroxyl groups is 1. The van der Waals surface area contributed by atoms with Gasteiger partial charge in [0, 0.05) is 19.6 Å². The minimum absolute atomic E-state index is 0.152. The molecule has 1 N–H and O–H groups in total. The zero-order valence-corrected chi connectivity index (χ0v) is 12.2. The van der Waals surface area contributed by atoms with Gasteiger partial charge in [0.2, 0.25) is 0 Å². The molecule has 1 aromatic carbocycles. The van der Waals surface area contributed by atoms with Crippen molar-refractivity contribution < 1.29 is 14.6 Å². The highest BCUT2D eigenvalue weighted by Crippen LogP contribution is 2.45. The van der Waals surface area contributed by atoms with Crippen molar-refractivity contribution in [2.45, 2.75) is 43.8 Å². The Morgan fingerprint density at radius 2 is 2.10 bits per heavy atom. The first-order valence-corrected chi connectivity index (χ1v) is 7.68. The van der Waals surface area contributed by atoms with Gasteiger partial charge in [0.05, 0.1) is 17.8 Å². The number of hydrogen-bond donors (Lipinski definition) is 1. The lowest BCUT2D eigenvalue weighted by atomic mass is 9.71. The molecular weight excluding hydrogens is 252 g/mol. The summed E-state index contributed by atoms with van der Waals surface area (Å²) in [5.41, 5.74) is 0.130. The highest BCUT2D eigenvalue weighted by Gasteiger charge is 2.47. The van der Waals surface area contributed by atoms with Gasteiger partial charge in [0.25, 0.3) is 0 Å². The van der Waals surface area contributed by atoms with E-state index in [1.54, 1.807) is 0 Å². The standard InChI is InChI=1S/C17H24O3/c1-2-17(18,14-6-4-3-5-7-14)15-8-10-20-16(12-15)9-11-19-13-16/h3-7,15,18H,2,8-13H2,1H3. The van der Waals surface area contributed by atoms with Crippen molar-refractivity contribution >= 4 is 0 Å². The lowest BCUT2D eigenvalue weighted by molar-refractivity contribution is -0.147. The molecule has 0 amide bonds. The molecule has 3 atom stereocenters. The van der Waals surface area contributed by atoms with Gasteiger partial charge in [0.15, 0.2) is 0 Å². The quantitative estimate of drug-likeness (QED) is 0.922. The molecule has 0 aliphatic carbocycles. The average molecular weight is 276 g/mol. The van der Waals surface area contributed by atoms with Crippen LogP contribution in [0.1, 0.15) is 38.2 Å². The van der Waals surface area contributed by atoms with Crippen molar-refractivity contribution in [1.29, 1.82) is 0 Å². The zero-order valence-electron chi connectivity index (χ0n) is 12.2. The van der Waals surface area contributed by atoms with E-state index in [1.807, 2.05) is 30.3 Å². The van der Waals surface area contributed by atoms with Gasteiger partial charge in [-0.1, -0.05) is 37.3 Å².